The highest BCUT2D eigenvalue weighted by atomic mass is 16.5. The van der Waals surface area contributed by atoms with Gasteiger partial charge in [-0.2, -0.15) is 0 Å². The second kappa shape index (κ2) is 7.91. The first-order valence-electron chi connectivity index (χ1n) is 10.1. The molecule has 1 saturated heterocycles. The molecule has 4 rings (SSSR count). The highest BCUT2D eigenvalue weighted by Gasteiger charge is 2.26. The van der Waals surface area contributed by atoms with Gasteiger partial charge in [-0.25, -0.2) is 0 Å². The molecule has 1 fully saturated rings. The van der Waals surface area contributed by atoms with Crippen LogP contribution in [0.3, 0.4) is 0 Å². The summed E-state index contributed by atoms with van der Waals surface area (Å²) in [6.07, 6.45) is 2.54. The largest absolute Gasteiger partial charge is 0.508 e. The third kappa shape index (κ3) is 4.12. The van der Waals surface area contributed by atoms with Gasteiger partial charge in [0.05, 0.1) is 0 Å². The Bertz CT molecular complexity index is 784. The average molecular weight is 367 g/mol. The Morgan fingerprint density at radius 3 is 2.67 bits per heavy atom. The van der Waals surface area contributed by atoms with Gasteiger partial charge in [-0.05, 0) is 67.4 Å². The molecule has 2 aliphatic rings. The summed E-state index contributed by atoms with van der Waals surface area (Å²) in [5.41, 5.74) is 3.86. The molecule has 0 aromatic heterocycles. The van der Waals surface area contributed by atoms with Crippen molar-refractivity contribution in [3.05, 3.63) is 59.2 Å². The molecule has 2 heterocycles. The van der Waals surface area contributed by atoms with E-state index in [1.807, 2.05) is 12.1 Å². The lowest BCUT2D eigenvalue weighted by molar-refractivity contribution is 0.103. The van der Waals surface area contributed by atoms with Gasteiger partial charge in [-0.15, -0.1) is 0 Å². The smallest absolute Gasteiger partial charge is 0.120 e. The highest BCUT2D eigenvalue weighted by molar-refractivity contribution is 5.45. The number of benzene rings is 2. The standard InChI is InChI=1S/C23H30N2O2/c1-3-25-11-9-20(10-12-25)27-21-7-8-22-18(14-21)15-24(2)16-23(22)17-5-4-6-19(26)13-17/h4-8,13-14,20,23,26H,3,9-12,15-16H2,1-2H3. The van der Waals surface area contributed by atoms with E-state index in [1.54, 1.807) is 6.07 Å². The van der Waals surface area contributed by atoms with E-state index in [1.165, 1.54) is 16.7 Å². The van der Waals surface area contributed by atoms with Crippen LogP contribution in [0.1, 0.15) is 42.4 Å². The number of likely N-dealkylation sites (tertiary alicyclic amines) is 1. The predicted molar refractivity (Wildman–Crippen MR) is 108 cm³/mol. The number of aromatic hydroxyl groups is 1. The molecular formula is C23H30N2O2. The summed E-state index contributed by atoms with van der Waals surface area (Å²) in [7, 11) is 2.16. The number of piperidine rings is 1. The number of hydrogen-bond acceptors (Lipinski definition) is 4. The van der Waals surface area contributed by atoms with Crippen molar-refractivity contribution in [2.45, 2.75) is 38.3 Å². The number of phenols is 1. The van der Waals surface area contributed by atoms with Gasteiger partial charge in [-0.1, -0.05) is 25.1 Å². The monoisotopic (exact) mass is 366 g/mol. The molecule has 1 atom stereocenters. The van der Waals surface area contributed by atoms with E-state index in [9.17, 15) is 5.11 Å². The molecular weight excluding hydrogens is 336 g/mol. The fraction of sp³-hybridized carbons (Fsp3) is 0.478. The van der Waals surface area contributed by atoms with Gasteiger partial charge in [-0.3, -0.25) is 0 Å². The van der Waals surface area contributed by atoms with E-state index in [0.29, 0.717) is 11.9 Å². The number of likely N-dealkylation sites (N-methyl/N-ethyl adjacent to an activating group) is 1. The van der Waals surface area contributed by atoms with Crippen molar-refractivity contribution in [1.29, 1.82) is 0 Å². The van der Waals surface area contributed by atoms with Crippen LogP contribution in [-0.4, -0.2) is 54.2 Å². The van der Waals surface area contributed by atoms with Gasteiger partial charge in [0.1, 0.15) is 17.6 Å². The van der Waals surface area contributed by atoms with Crippen LogP contribution in [0.25, 0.3) is 0 Å². The summed E-state index contributed by atoms with van der Waals surface area (Å²) in [6, 6.07) is 14.3. The van der Waals surface area contributed by atoms with E-state index in [0.717, 1.165) is 51.3 Å². The van der Waals surface area contributed by atoms with E-state index >= 15 is 0 Å². The van der Waals surface area contributed by atoms with Crippen LogP contribution >= 0.6 is 0 Å². The first kappa shape index (κ1) is 18.3. The van der Waals surface area contributed by atoms with Crippen LogP contribution in [0.4, 0.5) is 0 Å². The Hall–Kier alpha value is -2.04. The van der Waals surface area contributed by atoms with Crippen molar-refractivity contribution >= 4 is 0 Å². The quantitative estimate of drug-likeness (QED) is 0.892. The maximum atomic E-state index is 9.88. The van der Waals surface area contributed by atoms with Crippen LogP contribution in [0, 0.1) is 0 Å². The fourth-order valence-electron chi connectivity index (χ4n) is 4.46. The van der Waals surface area contributed by atoms with Gasteiger partial charge in [0.25, 0.3) is 0 Å². The van der Waals surface area contributed by atoms with Gasteiger partial charge in [0, 0.05) is 32.1 Å². The second-order valence-electron chi connectivity index (χ2n) is 7.96. The summed E-state index contributed by atoms with van der Waals surface area (Å²) in [6.45, 7) is 7.53. The molecule has 2 aliphatic heterocycles. The number of ether oxygens (including phenoxy) is 1. The lowest BCUT2D eigenvalue weighted by Gasteiger charge is -2.34. The number of fused-ring (bicyclic) bond motifs is 1. The number of phenolic OH excluding ortho intramolecular Hbond substituents is 1. The second-order valence-corrected chi connectivity index (χ2v) is 7.96. The molecule has 0 spiro atoms. The molecule has 0 amide bonds. The number of nitrogens with zero attached hydrogens (tertiary/aromatic N) is 2. The molecule has 4 heteroatoms. The molecule has 0 aliphatic carbocycles. The molecule has 2 aromatic carbocycles. The number of rotatable bonds is 4. The Morgan fingerprint density at radius 2 is 1.93 bits per heavy atom. The minimum atomic E-state index is 0.285. The van der Waals surface area contributed by atoms with Crippen molar-refractivity contribution in [2.75, 3.05) is 33.2 Å². The summed E-state index contributed by atoms with van der Waals surface area (Å²) < 4.78 is 6.32. The van der Waals surface area contributed by atoms with Crippen molar-refractivity contribution in [3.63, 3.8) is 0 Å². The van der Waals surface area contributed by atoms with Gasteiger partial charge in [0.2, 0.25) is 0 Å². The van der Waals surface area contributed by atoms with Gasteiger partial charge in [0.15, 0.2) is 0 Å². The summed E-state index contributed by atoms with van der Waals surface area (Å²) in [5.74, 6) is 1.61. The molecule has 27 heavy (non-hydrogen) atoms. The van der Waals surface area contributed by atoms with E-state index < -0.39 is 0 Å². The lowest BCUT2D eigenvalue weighted by Crippen LogP contribution is -2.38. The first-order valence-corrected chi connectivity index (χ1v) is 10.1. The maximum absolute atomic E-state index is 9.88. The number of hydrogen-bond donors (Lipinski definition) is 1. The minimum absolute atomic E-state index is 0.285. The van der Waals surface area contributed by atoms with E-state index in [-0.39, 0.29) is 5.92 Å². The molecule has 1 N–H and O–H groups in total. The molecule has 0 saturated carbocycles. The topological polar surface area (TPSA) is 35.9 Å². The summed E-state index contributed by atoms with van der Waals surface area (Å²) >= 11 is 0. The average Bonchev–Trinajstić information content (AvgIpc) is 2.67. The van der Waals surface area contributed by atoms with Gasteiger partial charge >= 0.3 is 0 Å². The van der Waals surface area contributed by atoms with Gasteiger partial charge < -0.3 is 19.6 Å². The first-order chi connectivity index (χ1) is 13.1. The molecule has 144 valence electrons. The third-order valence-corrected chi connectivity index (χ3v) is 5.98. The zero-order chi connectivity index (χ0) is 18.8. The van der Waals surface area contributed by atoms with E-state index in [4.69, 9.17) is 4.74 Å². The van der Waals surface area contributed by atoms with Crippen LogP contribution in [-0.2, 0) is 6.54 Å². The summed E-state index contributed by atoms with van der Waals surface area (Å²) in [5, 5.41) is 9.88. The van der Waals surface area contributed by atoms with Crippen molar-refractivity contribution in [3.8, 4) is 11.5 Å². The molecule has 2 aromatic rings. The Morgan fingerprint density at radius 1 is 1.11 bits per heavy atom. The summed E-state index contributed by atoms with van der Waals surface area (Å²) in [4.78, 5) is 4.84. The normalized spacial score (nSPS) is 21.8. The third-order valence-electron chi connectivity index (χ3n) is 5.98. The molecule has 0 bridgehead atoms. The Labute approximate surface area is 162 Å². The lowest BCUT2D eigenvalue weighted by atomic mass is 9.84. The predicted octanol–water partition coefficient (Wildman–Crippen LogP) is 3.83. The SMILES string of the molecule is CCN1CCC(Oc2ccc3c(c2)CN(C)CC3c2cccc(O)c2)CC1. The maximum Gasteiger partial charge on any atom is 0.120 e. The zero-order valence-corrected chi connectivity index (χ0v) is 16.4. The zero-order valence-electron chi connectivity index (χ0n) is 16.4. The van der Waals surface area contributed by atoms with E-state index in [2.05, 4.69) is 48.0 Å². The van der Waals surface area contributed by atoms with Crippen LogP contribution in [0.5, 0.6) is 11.5 Å². The minimum Gasteiger partial charge on any atom is -0.508 e. The van der Waals surface area contributed by atoms with Crippen LogP contribution in [0.2, 0.25) is 0 Å². The Kier molecular flexibility index (Phi) is 5.37. The molecule has 0 radical (unpaired) electrons. The molecule has 1 unspecified atom stereocenters. The molecule has 4 nitrogen and oxygen atoms in total. The van der Waals surface area contributed by atoms with Crippen molar-refractivity contribution < 1.29 is 9.84 Å². The van der Waals surface area contributed by atoms with Crippen LogP contribution < -0.4 is 4.74 Å². The van der Waals surface area contributed by atoms with Crippen LogP contribution in [0.15, 0.2) is 42.5 Å². The fourth-order valence-corrected chi connectivity index (χ4v) is 4.46. The Balaban J connectivity index is 1.53. The van der Waals surface area contributed by atoms with Crippen molar-refractivity contribution in [1.82, 2.24) is 9.80 Å². The van der Waals surface area contributed by atoms with Crippen molar-refractivity contribution in [2.24, 2.45) is 0 Å². The highest BCUT2D eigenvalue weighted by Crippen LogP contribution is 2.36.